The number of aromatic nitrogens is 3. The van der Waals surface area contributed by atoms with Crippen molar-refractivity contribution in [1.29, 1.82) is 0 Å². The Balaban J connectivity index is 1.43. The maximum absolute atomic E-state index is 13.8. The van der Waals surface area contributed by atoms with Gasteiger partial charge in [-0.1, -0.05) is 6.07 Å². The van der Waals surface area contributed by atoms with Gasteiger partial charge in [-0.15, -0.1) is 0 Å². The van der Waals surface area contributed by atoms with Gasteiger partial charge in [0, 0.05) is 41.8 Å². The summed E-state index contributed by atoms with van der Waals surface area (Å²) in [6.07, 6.45) is -0.539. The summed E-state index contributed by atoms with van der Waals surface area (Å²) in [5.74, 6) is 0.225. The van der Waals surface area contributed by atoms with Crippen molar-refractivity contribution in [2.24, 2.45) is 0 Å². The zero-order chi connectivity index (χ0) is 29.9. The zero-order valence-corrected chi connectivity index (χ0v) is 23.1. The molecule has 2 aromatic carbocycles. The molecule has 12 heteroatoms. The molecule has 218 valence electrons. The molecule has 1 aliphatic rings. The normalized spacial score (nSPS) is 13.9. The second-order valence-electron chi connectivity index (χ2n) is 10.0. The van der Waals surface area contributed by atoms with E-state index >= 15 is 0 Å². The lowest BCUT2D eigenvalue weighted by atomic mass is 10.1. The third-order valence-corrected chi connectivity index (χ3v) is 7.01. The molecule has 0 unspecified atom stereocenters. The average Bonchev–Trinajstić information content (AvgIpc) is 2.98. The Kier molecular flexibility index (Phi) is 8.25. The zero-order valence-electron chi connectivity index (χ0n) is 23.1. The number of nitrogens with two attached hydrogens (primary N) is 1. The van der Waals surface area contributed by atoms with Crippen LogP contribution in [0.1, 0.15) is 34.3 Å². The van der Waals surface area contributed by atoms with Gasteiger partial charge < -0.3 is 26.0 Å². The molecule has 1 saturated heterocycles. The Morgan fingerprint density at radius 1 is 1.07 bits per heavy atom. The van der Waals surface area contributed by atoms with E-state index in [1.165, 1.54) is 24.3 Å². The van der Waals surface area contributed by atoms with Gasteiger partial charge in [-0.3, -0.25) is 4.79 Å². The predicted octanol–water partition coefficient (Wildman–Crippen LogP) is 5.60. The smallest absolute Gasteiger partial charge is 0.416 e. The van der Waals surface area contributed by atoms with E-state index in [9.17, 15) is 18.0 Å². The Bertz CT molecular complexity index is 1590. The second kappa shape index (κ2) is 12.0. The molecule has 5 rings (SSSR count). The summed E-state index contributed by atoms with van der Waals surface area (Å²) < 4.78 is 47.2. The first-order chi connectivity index (χ1) is 20.1. The van der Waals surface area contributed by atoms with Crippen LogP contribution in [-0.4, -0.2) is 47.1 Å². The number of amides is 1. The minimum Gasteiger partial charge on any atom is -0.490 e. The number of halogens is 3. The average molecular weight is 578 g/mol. The Labute approximate surface area is 241 Å². The van der Waals surface area contributed by atoms with E-state index in [0.717, 1.165) is 30.8 Å². The number of carbonyl (C=O) groups excluding carboxylic acids is 1. The van der Waals surface area contributed by atoms with Crippen LogP contribution in [0, 0.1) is 6.92 Å². The van der Waals surface area contributed by atoms with Gasteiger partial charge in [0.2, 0.25) is 0 Å². The maximum atomic E-state index is 13.8. The summed E-state index contributed by atoms with van der Waals surface area (Å²) in [6.45, 7) is 3.32. The molecular formula is C30H30F3N7O2. The van der Waals surface area contributed by atoms with Gasteiger partial charge in [-0.05, 0) is 80.9 Å². The molecule has 0 aliphatic carbocycles. The number of piperidine rings is 1. The van der Waals surface area contributed by atoms with Crippen molar-refractivity contribution in [2.75, 3.05) is 36.1 Å². The molecule has 0 saturated carbocycles. The van der Waals surface area contributed by atoms with E-state index in [4.69, 9.17) is 10.5 Å². The third-order valence-electron chi connectivity index (χ3n) is 7.01. The Morgan fingerprint density at radius 3 is 2.60 bits per heavy atom. The van der Waals surface area contributed by atoms with Gasteiger partial charge in [0.15, 0.2) is 0 Å². The fourth-order valence-corrected chi connectivity index (χ4v) is 4.68. The van der Waals surface area contributed by atoms with Crippen molar-refractivity contribution >= 4 is 28.9 Å². The lowest BCUT2D eigenvalue weighted by Gasteiger charge is -2.25. The van der Waals surface area contributed by atoms with Crippen molar-refractivity contribution in [2.45, 2.75) is 32.0 Å². The minimum absolute atomic E-state index is 0.0211. The molecule has 1 amide bonds. The highest BCUT2D eigenvalue weighted by Gasteiger charge is 2.33. The fourth-order valence-electron chi connectivity index (χ4n) is 4.68. The van der Waals surface area contributed by atoms with E-state index in [0.29, 0.717) is 47.1 Å². The first kappa shape index (κ1) is 28.8. The van der Waals surface area contributed by atoms with Crippen molar-refractivity contribution in [1.82, 2.24) is 20.3 Å². The van der Waals surface area contributed by atoms with Crippen LogP contribution in [-0.2, 0) is 6.18 Å². The van der Waals surface area contributed by atoms with Crippen LogP contribution in [0.2, 0.25) is 0 Å². The summed E-state index contributed by atoms with van der Waals surface area (Å²) in [5, 5.41) is 6.49. The minimum atomic E-state index is -4.64. The van der Waals surface area contributed by atoms with E-state index in [1.54, 1.807) is 30.5 Å². The largest absolute Gasteiger partial charge is 0.490 e. The number of aryl methyl sites for hydroxylation is 1. The van der Waals surface area contributed by atoms with E-state index in [1.807, 2.05) is 19.1 Å². The van der Waals surface area contributed by atoms with Crippen molar-refractivity contribution in [3.8, 4) is 17.0 Å². The first-order valence-electron chi connectivity index (χ1n) is 13.4. The summed E-state index contributed by atoms with van der Waals surface area (Å²) in [5.41, 5.74) is 8.01. The highest BCUT2D eigenvalue weighted by atomic mass is 19.4. The highest BCUT2D eigenvalue weighted by molar-refractivity contribution is 6.06. The molecule has 9 nitrogen and oxygen atoms in total. The van der Waals surface area contributed by atoms with Crippen LogP contribution in [0.4, 0.5) is 36.2 Å². The molecule has 0 bridgehead atoms. The van der Waals surface area contributed by atoms with Crippen LogP contribution in [0.5, 0.6) is 5.75 Å². The van der Waals surface area contributed by atoms with Gasteiger partial charge in [0.05, 0.1) is 11.3 Å². The molecule has 4 aromatic rings. The molecule has 0 spiro atoms. The third kappa shape index (κ3) is 6.60. The fraction of sp³-hybridized carbons (Fsp3) is 0.267. The maximum Gasteiger partial charge on any atom is 0.416 e. The molecular weight excluding hydrogens is 547 g/mol. The first-order valence-corrected chi connectivity index (χ1v) is 13.4. The van der Waals surface area contributed by atoms with Gasteiger partial charge >= 0.3 is 6.18 Å². The number of rotatable bonds is 7. The van der Waals surface area contributed by atoms with Crippen LogP contribution in [0.25, 0.3) is 11.3 Å². The highest BCUT2D eigenvalue weighted by Crippen LogP contribution is 2.35. The number of anilines is 4. The standard InChI is InChI=1S/C30H30F3N7O2/c1-18-5-6-21(15-25(18)39-28-24(4-3-9-36-28)26-16-27(34)38-17-37-26)40(2)29(41)19-12-20(30(31,32)33)14-23(13-19)42-22-7-10-35-11-8-22/h3-6,9,12-17,22,35H,7-8,10-11H2,1-2H3,(H,36,39)(H2,34,37,38). The van der Waals surface area contributed by atoms with Crippen LogP contribution in [0.15, 0.2) is 67.1 Å². The molecule has 3 heterocycles. The quantitative estimate of drug-likeness (QED) is 0.260. The number of nitrogens with one attached hydrogen (secondary N) is 2. The van der Waals surface area contributed by atoms with E-state index in [2.05, 4.69) is 25.6 Å². The van der Waals surface area contributed by atoms with E-state index in [-0.39, 0.29) is 17.4 Å². The Hall–Kier alpha value is -4.71. The monoisotopic (exact) mass is 577 g/mol. The van der Waals surface area contributed by atoms with Crippen molar-refractivity contribution in [3.63, 3.8) is 0 Å². The van der Waals surface area contributed by atoms with Crippen molar-refractivity contribution in [3.05, 3.63) is 83.8 Å². The molecule has 1 fully saturated rings. The molecule has 0 radical (unpaired) electrons. The summed E-state index contributed by atoms with van der Waals surface area (Å²) in [7, 11) is 1.51. The van der Waals surface area contributed by atoms with Gasteiger partial charge in [0.1, 0.15) is 29.8 Å². The number of pyridine rings is 1. The number of carbonyl (C=O) groups is 1. The number of hydrogen-bond donors (Lipinski definition) is 3. The van der Waals surface area contributed by atoms with Gasteiger partial charge in [-0.2, -0.15) is 13.2 Å². The summed E-state index contributed by atoms with van der Waals surface area (Å²) in [6, 6.07) is 13.7. The summed E-state index contributed by atoms with van der Waals surface area (Å²) >= 11 is 0. The lowest BCUT2D eigenvalue weighted by Crippen LogP contribution is -2.34. The van der Waals surface area contributed by atoms with E-state index < -0.39 is 17.6 Å². The SMILES string of the molecule is Cc1ccc(N(C)C(=O)c2cc(OC3CCNCC3)cc(C(F)(F)F)c2)cc1Nc1ncccc1-c1cc(N)ncn1. The number of hydrogen-bond acceptors (Lipinski definition) is 8. The van der Waals surface area contributed by atoms with Gasteiger partial charge in [0.25, 0.3) is 5.91 Å². The van der Waals surface area contributed by atoms with Crippen molar-refractivity contribution < 1.29 is 22.7 Å². The number of benzene rings is 2. The van der Waals surface area contributed by atoms with Crippen LogP contribution >= 0.6 is 0 Å². The molecule has 0 atom stereocenters. The number of ether oxygens (including phenoxy) is 1. The molecule has 42 heavy (non-hydrogen) atoms. The summed E-state index contributed by atoms with van der Waals surface area (Å²) in [4.78, 5) is 27.5. The topological polar surface area (TPSA) is 118 Å². The number of alkyl halides is 3. The molecule has 1 aliphatic heterocycles. The van der Waals surface area contributed by atoms with Gasteiger partial charge in [-0.25, -0.2) is 15.0 Å². The Morgan fingerprint density at radius 2 is 1.86 bits per heavy atom. The molecule has 2 aromatic heterocycles. The number of nitrogens with zero attached hydrogens (tertiary/aromatic N) is 4. The predicted molar refractivity (Wildman–Crippen MR) is 155 cm³/mol. The lowest BCUT2D eigenvalue weighted by molar-refractivity contribution is -0.137. The molecule has 4 N–H and O–H groups in total. The van der Waals surface area contributed by atoms with Crippen LogP contribution in [0.3, 0.4) is 0 Å². The second-order valence-corrected chi connectivity index (χ2v) is 10.0. The number of nitrogen functional groups attached to an aromatic ring is 1. The van der Waals surface area contributed by atoms with Crippen LogP contribution < -0.4 is 26.0 Å².